The molecular formula is C18H28O4. The van der Waals surface area contributed by atoms with Crippen molar-refractivity contribution in [2.75, 3.05) is 0 Å². The lowest BCUT2D eigenvalue weighted by Crippen LogP contribution is -2.28. The highest BCUT2D eigenvalue weighted by atomic mass is 17.2. The van der Waals surface area contributed by atoms with E-state index in [1.807, 2.05) is 13.8 Å². The van der Waals surface area contributed by atoms with Crippen molar-refractivity contribution in [3.05, 3.63) is 24.3 Å². The van der Waals surface area contributed by atoms with E-state index in [1.165, 1.54) is 0 Å². The van der Waals surface area contributed by atoms with Crippen LogP contribution in [0.4, 0.5) is 0 Å². The molecular weight excluding hydrogens is 280 g/mol. The van der Waals surface area contributed by atoms with Gasteiger partial charge in [-0.2, -0.15) is 0 Å². The topological polar surface area (TPSA) is 44.8 Å². The predicted octanol–water partition coefficient (Wildman–Crippen LogP) is 3.97. The number of unbranched alkanes of at least 4 members (excludes halogenated alkanes) is 1. The molecule has 4 heteroatoms. The Bertz CT molecular complexity index is 413. The quantitative estimate of drug-likeness (QED) is 0.295. The molecule has 2 aliphatic rings. The van der Waals surface area contributed by atoms with Crippen molar-refractivity contribution >= 4 is 5.97 Å². The fraction of sp³-hybridized carbons (Fsp3) is 0.722. The highest BCUT2D eigenvalue weighted by molar-refractivity contribution is 5.69. The number of esters is 1. The van der Waals surface area contributed by atoms with E-state index in [1.54, 1.807) is 0 Å². The van der Waals surface area contributed by atoms with E-state index >= 15 is 0 Å². The van der Waals surface area contributed by atoms with Crippen molar-refractivity contribution in [1.82, 2.24) is 0 Å². The summed E-state index contributed by atoms with van der Waals surface area (Å²) in [6.45, 7) is 5.80. The van der Waals surface area contributed by atoms with Gasteiger partial charge >= 0.3 is 5.97 Å². The molecule has 1 saturated heterocycles. The molecule has 1 saturated carbocycles. The van der Waals surface area contributed by atoms with Gasteiger partial charge in [0.05, 0.1) is 12.2 Å². The molecule has 0 spiro atoms. The molecule has 4 atom stereocenters. The molecule has 2 bridgehead atoms. The lowest BCUT2D eigenvalue weighted by molar-refractivity contribution is -0.336. The highest BCUT2D eigenvalue weighted by Gasteiger charge is 2.48. The van der Waals surface area contributed by atoms with Crippen LogP contribution in [0.5, 0.6) is 0 Å². The van der Waals surface area contributed by atoms with Gasteiger partial charge in [0.15, 0.2) is 0 Å². The molecule has 1 aliphatic heterocycles. The molecule has 22 heavy (non-hydrogen) atoms. The summed E-state index contributed by atoms with van der Waals surface area (Å²) in [6, 6.07) is 0. The van der Waals surface area contributed by atoms with E-state index in [4.69, 9.17) is 14.5 Å². The zero-order valence-electron chi connectivity index (χ0n) is 13.9. The number of fused-ring (bicyclic) bond motifs is 2. The van der Waals surface area contributed by atoms with Crippen LogP contribution in [-0.2, 0) is 19.3 Å². The molecule has 0 radical (unpaired) electrons. The normalized spacial score (nSPS) is 30.9. The third kappa shape index (κ3) is 4.68. The van der Waals surface area contributed by atoms with E-state index in [-0.39, 0.29) is 24.3 Å². The number of rotatable bonds is 8. The van der Waals surface area contributed by atoms with Crippen molar-refractivity contribution in [2.45, 2.75) is 71.2 Å². The van der Waals surface area contributed by atoms with E-state index in [0.29, 0.717) is 18.3 Å². The van der Waals surface area contributed by atoms with E-state index in [2.05, 4.69) is 31.2 Å². The van der Waals surface area contributed by atoms with Crippen LogP contribution in [0.25, 0.3) is 0 Å². The average Bonchev–Trinajstić information content (AvgIpc) is 3.04. The van der Waals surface area contributed by atoms with Crippen molar-refractivity contribution in [1.29, 1.82) is 0 Å². The fourth-order valence-electron chi connectivity index (χ4n) is 3.30. The Hall–Kier alpha value is -1.13. The van der Waals surface area contributed by atoms with Gasteiger partial charge in [0.25, 0.3) is 0 Å². The number of ether oxygens (including phenoxy) is 1. The first kappa shape index (κ1) is 17.2. The summed E-state index contributed by atoms with van der Waals surface area (Å²) in [5.41, 5.74) is 0. The first-order valence-electron chi connectivity index (χ1n) is 8.41. The minimum atomic E-state index is -0.102. The molecule has 4 nitrogen and oxygen atoms in total. The molecule has 0 aromatic rings. The summed E-state index contributed by atoms with van der Waals surface area (Å²) < 4.78 is 5.11. The Morgan fingerprint density at radius 1 is 1.27 bits per heavy atom. The number of hydrogen-bond acceptors (Lipinski definition) is 4. The second kappa shape index (κ2) is 8.49. The van der Waals surface area contributed by atoms with Crippen LogP contribution in [0.15, 0.2) is 24.3 Å². The monoisotopic (exact) mass is 308 g/mol. The standard InChI is InChI=1S/C18H28O4/c1-4-9-14-15(17-12-16(14)21-22-17)10-7-5-6-8-11-18(19)20-13(2)3/h4-5,7,9,13-17H,6,8,10-12H2,1-3H3/b7-5-,9-4+/t14?,15-,16-,17+/m1/s1. The summed E-state index contributed by atoms with van der Waals surface area (Å²) in [6.07, 6.45) is 13.4. The third-order valence-electron chi connectivity index (χ3n) is 4.28. The van der Waals surface area contributed by atoms with Crippen LogP contribution in [-0.4, -0.2) is 24.3 Å². The summed E-state index contributed by atoms with van der Waals surface area (Å²) in [7, 11) is 0. The Morgan fingerprint density at radius 3 is 2.77 bits per heavy atom. The van der Waals surface area contributed by atoms with Crippen LogP contribution in [0.2, 0.25) is 0 Å². The molecule has 0 aromatic carbocycles. The van der Waals surface area contributed by atoms with Gasteiger partial charge in [-0.15, -0.1) is 0 Å². The second-order valence-electron chi connectivity index (χ2n) is 6.41. The average molecular weight is 308 g/mol. The van der Waals surface area contributed by atoms with E-state index in [0.717, 1.165) is 25.7 Å². The van der Waals surface area contributed by atoms with E-state index in [9.17, 15) is 4.79 Å². The fourth-order valence-corrected chi connectivity index (χ4v) is 3.30. The molecule has 124 valence electrons. The molecule has 0 amide bonds. The number of carbonyl (C=O) groups excluding carboxylic acids is 1. The van der Waals surface area contributed by atoms with Crippen molar-refractivity contribution in [3.63, 3.8) is 0 Å². The lowest BCUT2D eigenvalue weighted by Gasteiger charge is -2.27. The largest absolute Gasteiger partial charge is 0.463 e. The maximum atomic E-state index is 11.4. The summed E-state index contributed by atoms with van der Waals surface area (Å²) in [4.78, 5) is 22.1. The van der Waals surface area contributed by atoms with Crippen LogP contribution in [0.3, 0.4) is 0 Å². The second-order valence-corrected chi connectivity index (χ2v) is 6.41. The molecule has 1 unspecified atom stereocenters. The van der Waals surface area contributed by atoms with Gasteiger partial charge in [0.1, 0.15) is 6.10 Å². The molecule has 0 aromatic heterocycles. The predicted molar refractivity (Wildman–Crippen MR) is 85.0 cm³/mol. The van der Waals surface area contributed by atoms with Gasteiger partial charge in [-0.3, -0.25) is 4.79 Å². The smallest absolute Gasteiger partial charge is 0.306 e. The summed E-state index contributed by atoms with van der Waals surface area (Å²) in [5.74, 6) is 0.877. The SMILES string of the molecule is C/C=C/C1[C@@H](C/C=C\CCCC(=O)OC(C)C)[C@@H]2C[C@H]1OO2. The van der Waals surface area contributed by atoms with Gasteiger partial charge < -0.3 is 4.74 Å². The van der Waals surface area contributed by atoms with Crippen molar-refractivity contribution in [2.24, 2.45) is 11.8 Å². The highest BCUT2D eigenvalue weighted by Crippen LogP contribution is 2.44. The molecule has 1 heterocycles. The molecule has 1 aliphatic carbocycles. The van der Waals surface area contributed by atoms with Gasteiger partial charge in [-0.25, -0.2) is 9.78 Å². The third-order valence-corrected chi connectivity index (χ3v) is 4.28. The first-order chi connectivity index (χ1) is 10.6. The number of carbonyl (C=O) groups is 1. The summed E-state index contributed by atoms with van der Waals surface area (Å²) >= 11 is 0. The lowest BCUT2D eigenvalue weighted by atomic mass is 9.89. The number of hydrogen-bond donors (Lipinski definition) is 0. The first-order valence-corrected chi connectivity index (χ1v) is 8.41. The zero-order valence-corrected chi connectivity index (χ0v) is 13.9. The Kier molecular flexibility index (Phi) is 6.65. The van der Waals surface area contributed by atoms with Crippen LogP contribution in [0.1, 0.15) is 52.9 Å². The van der Waals surface area contributed by atoms with Gasteiger partial charge in [0, 0.05) is 24.7 Å². The van der Waals surface area contributed by atoms with Crippen molar-refractivity contribution in [3.8, 4) is 0 Å². The minimum absolute atomic E-state index is 0.0217. The van der Waals surface area contributed by atoms with Crippen LogP contribution in [0, 0.1) is 11.8 Å². The molecule has 0 N–H and O–H groups in total. The maximum Gasteiger partial charge on any atom is 0.306 e. The van der Waals surface area contributed by atoms with Gasteiger partial charge in [0.2, 0.25) is 0 Å². The molecule has 2 fully saturated rings. The summed E-state index contributed by atoms with van der Waals surface area (Å²) in [5, 5.41) is 0. The Morgan fingerprint density at radius 2 is 2.05 bits per heavy atom. The Labute approximate surface area is 133 Å². The van der Waals surface area contributed by atoms with Crippen LogP contribution < -0.4 is 0 Å². The maximum absolute atomic E-state index is 11.4. The van der Waals surface area contributed by atoms with Crippen molar-refractivity contribution < 1.29 is 19.3 Å². The Balaban J connectivity index is 1.66. The van der Waals surface area contributed by atoms with E-state index < -0.39 is 0 Å². The van der Waals surface area contributed by atoms with Gasteiger partial charge in [-0.1, -0.05) is 24.3 Å². The molecule has 2 rings (SSSR count). The number of allylic oxidation sites excluding steroid dienone is 3. The zero-order chi connectivity index (χ0) is 15.9. The van der Waals surface area contributed by atoms with Crippen LogP contribution >= 0.6 is 0 Å². The van der Waals surface area contributed by atoms with Gasteiger partial charge in [-0.05, 0) is 40.0 Å². The minimum Gasteiger partial charge on any atom is -0.463 e.